The zero-order valence-electron chi connectivity index (χ0n) is 13.4. The molecule has 0 radical (unpaired) electrons. The predicted molar refractivity (Wildman–Crippen MR) is 86.7 cm³/mol. The number of nitrogens with zero attached hydrogens (tertiary/aromatic N) is 1. The molecule has 0 unspecified atom stereocenters. The lowest BCUT2D eigenvalue weighted by molar-refractivity contribution is -0.141. The highest BCUT2D eigenvalue weighted by Crippen LogP contribution is 2.36. The number of fused-ring (bicyclic) bond motifs is 2. The van der Waals surface area contributed by atoms with Crippen molar-refractivity contribution in [2.75, 3.05) is 13.1 Å². The molecule has 128 valence electrons. The standard InChI is InChI=1S/C18H22N2O4/c21-17(22)14-10-20(9-13(14)11-4-2-1-3-5-11)18(23)19-15-8-12-6-7-16(15)24-12/h1-5,12-16H,6-10H2,(H,19,23)(H,21,22)/t12-,13-,14+,15+,16+/m0/s1. The van der Waals surface area contributed by atoms with E-state index in [2.05, 4.69) is 5.32 Å². The van der Waals surface area contributed by atoms with E-state index in [1.807, 2.05) is 30.3 Å². The number of carboxylic acids is 1. The lowest BCUT2D eigenvalue weighted by atomic mass is 9.89. The van der Waals surface area contributed by atoms with Crippen molar-refractivity contribution in [3.63, 3.8) is 0 Å². The lowest BCUT2D eigenvalue weighted by Crippen LogP contribution is -2.47. The van der Waals surface area contributed by atoms with Gasteiger partial charge in [0.15, 0.2) is 0 Å². The molecule has 6 heteroatoms. The van der Waals surface area contributed by atoms with E-state index >= 15 is 0 Å². The van der Waals surface area contributed by atoms with Crippen LogP contribution in [0.1, 0.15) is 30.7 Å². The van der Waals surface area contributed by atoms with E-state index in [1.165, 1.54) is 0 Å². The van der Waals surface area contributed by atoms with Crippen LogP contribution in [0.4, 0.5) is 4.79 Å². The number of benzene rings is 1. The Morgan fingerprint density at radius 1 is 1.17 bits per heavy atom. The van der Waals surface area contributed by atoms with Gasteiger partial charge >= 0.3 is 12.0 Å². The van der Waals surface area contributed by atoms with Gasteiger partial charge in [0, 0.05) is 19.0 Å². The minimum atomic E-state index is -0.845. The Hall–Kier alpha value is -2.08. The summed E-state index contributed by atoms with van der Waals surface area (Å²) in [6, 6.07) is 9.49. The van der Waals surface area contributed by atoms with Crippen LogP contribution in [0.15, 0.2) is 30.3 Å². The van der Waals surface area contributed by atoms with E-state index in [-0.39, 0.29) is 36.7 Å². The number of aliphatic carboxylic acids is 1. The second kappa shape index (κ2) is 6.09. The summed E-state index contributed by atoms with van der Waals surface area (Å²) in [5, 5.41) is 12.6. The second-order valence-electron chi connectivity index (χ2n) is 7.03. The van der Waals surface area contributed by atoms with E-state index in [4.69, 9.17) is 4.74 Å². The van der Waals surface area contributed by atoms with Crippen molar-refractivity contribution in [1.29, 1.82) is 0 Å². The number of carbonyl (C=O) groups excluding carboxylic acids is 1. The summed E-state index contributed by atoms with van der Waals surface area (Å²) in [7, 11) is 0. The third-order valence-electron chi connectivity index (χ3n) is 5.57. The summed E-state index contributed by atoms with van der Waals surface area (Å²) < 4.78 is 5.77. The van der Waals surface area contributed by atoms with Gasteiger partial charge in [-0.1, -0.05) is 30.3 Å². The van der Waals surface area contributed by atoms with Gasteiger partial charge < -0.3 is 20.1 Å². The van der Waals surface area contributed by atoms with Gasteiger partial charge in [-0.2, -0.15) is 0 Å². The molecule has 2 amide bonds. The molecule has 0 aliphatic carbocycles. The third kappa shape index (κ3) is 2.75. The molecule has 0 saturated carbocycles. The maximum absolute atomic E-state index is 12.6. The molecule has 24 heavy (non-hydrogen) atoms. The molecule has 6 nitrogen and oxygen atoms in total. The number of carbonyl (C=O) groups is 2. The van der Waals surface area contributed by atoms with Gasteiger partial charge in [0.25, 0.3) is 0 Å². The maximum atomic E-state index is 12.6. The zero-order valence-corrected chi connectivity index (χ0v) is 13.4. The second-order valence-corrected chi connectivity index (χ2v) is 7.03. The fourth-order valence-electron chi connectivity index (χ4n) is 4.30. The highest BCUT2D eigenvalue weighted by atomic mass is 16.5. The lowest BCUT2D eigenvalue weighted by Gasteiger charge is -2.24. The van der Waals surface area contributed by atoms with E-state index < -0.39 is 11.9 Å². The Labute approximate surface area is 140 Å². The normalized spacial score (nSPS) is 34.5. The molecule has 5 atom stereocenters. The Bertz CT molecular complexity index is 635. The van der Waals surface area contributed by atoms with Gasteiger partial charge in [-0.15, -0.1) is 0 Å². The minimum absolute atomic E-state index is 0.0651. The number of hydrogen-bond donors (Lipinski definition) is 2. The predicted octanol–water partition coefficient (Wildman–Crippen LogP) is 1.82. The van der Waals surface area contributed by atoms with E-state index in [1.54, 1.807) is 4.90 Å². The van der Waals surface area contributed by atoms with Crippen LogP contribution in [-0.4, -0.2) is 53.3 Å². The fraction of sp³-hybridized carbons (Fsp3) is 0.556. The topological polar surface area (TPSA) is 78.9 Å². The first kappa shape index (κ1) is 15.4. The Balaban J connectivity index is 1.44. The number of hydrogen-bond acceptors (Lipinski definition) is 3. The molecule has 3 fully saturated rings. The van der Waals surface area contributed by atoms with Gasteiger partial charge in [0.05, 0.1) is 24.2 Å². The van der Waals surface area contributed by atoms with Crippen LogP contribution in [0.5, 0.6) is 0 Å². The molecule has 0 aromatic heterocycles. The summed E-state index contributed by atoms with van der Waals surface area (Å²) in [4.78, 5) is 25.9. The molecule has 3 aliphatic heterocycles. The number of urea groups is 1. The molecule has 2 bridgehead atoms. The Kier molecular flexibility index (Phi) is 3.92. The van der Waals surface area contributed by atoms with Crippen molar-refractivity contribution in [3.05, 3.63) is 35.9 Å². The molecular weight excluding hydrogens is 308 g/mol. The average Bonchev–Trinajstić information content (AvgIpc) is 3.30. The largest absolute Gasteiger partial charge is 0.481 e. The van der Waals surface area contributed by atoms with Crippen LogP contribution in [0.3, 0.4) is 0 Å². The van der Waals surface area contributed by atoms with Crippen molar-refractivity contribution in [2.24, 2.45) is 5.92 Å². The Morgan fingerprint density at radius 3 is 2.58 bits per heavy atom. The van der Waals surface area contributed by atoms with Crippen molar-refractivity contribution in [3.8, 4) is 0 Å². The quantitative estimate of drug-likeness (QED) is 0.886. The number of carboxylic acid groups (broad SMARTS) is 1. The highest BCUT2D eigenvalue weighted by Gasteiger charge is 2.44. The van der Waals surface area contributed by atoms with Gasteiger partial charge in [-0.3, -0.25) is 4.79 Å². The zero-order chi connectivity index (χ0) is 16.7. The van der Waals surface area contributed by atoms with Gasteiger partial charge in [0.2, 0.25) is 0 Å². The maximum Gasteiger partial charge on any atom is 0.317 e. The summed E-state index contributed by atoms with van der Waals surface area (Å²) in [5.74, 6) is -1.57. The van der Waals surface area contributed by atoms with Crippen LogP contribution in [0.2, 0.25) is 0 Å². The fourth-order valence-corrected chi connectivity index (χ4v) is 4.30. The summed E-state index contributed by atoms with van der Waals surface area (Å²) in [6.45, 7) is 0.691. The van der Waals surface area contributed by atoms with Crippen LogP contribution >= 0.6 is 0 Å². The van der Waals surface area contributed by atoms with Crippen molar-refractivity contribution < 1.29 is 19.4 Å². The summed E-state index contributed by atoms with van der Waals surface area (Å²) >= 11 is 0. The molecular formula is C18H22N2O4. The van der Waals surface area contributed by atoms with Crippen molar-refractivity contribution >= 4 is 12.0 Å². The Morgan fingerprint density at radius 2 is 1.96 bits per heavy atom. The average molecular weight is 330 g/mol. The van der Waals surface area contributed by atoms with Gasteiger partial charge in [0.1, 0.15) is 0 Å². The summed E-state index contributed by atoms with van der Waals surface area (Å²) in [5.41, 5.74) is 0.975. The van der Waals surface area contributed by atoms with Crippen molar-refractivity contribution in [2.45, 2.75) is 43.4 Å². The number of amides is 2. The number of rotatable bonds is 3. The molecule has 1 aromatic carbocycles. The summed E-state index contributed by atoms with van der Waals surface area (Å²) in [6.07, 6.45) is 3.36. The van der Waals surface area contributed by atoms with Gasteiger partial charge in [-0.25, -0.2) is 4.79 Å². The third-order valence-corrected chi connectivity index (χ3v) is 5.57. The molecule has 3 aliphatic rings. The highest BCUT2D eigenvalue weighted by molar-refractivity contribution is 5.78. The molecule has 1 aromatic rings. The molecule has 3 saturated heterocycles. The number of nitrogens with one attached hydrogen (secondary N) is 1. The SMILES string of the molecule is O=C(O)[C@@H]1CN(C(=O)N[C@@H]2C[C@@H]3CC[C@H]2O3)C[C@H]1c1ccccc1. The van der Waals surface area contributed by atoms with E-state index in [0.29, 0.717) is 6.54 Å². The molecule has 2 N–H and O–H groups in total. The number of likely N-dealkylation sites (tertiary alicyclic amines) is 1. The van der Waals surface area contributed by atoms with E-state index in [9.17, 15) is 14.7 Å². The van der Waals surface area contributed by atoms with Crippen LogP contribution in [-0.2, 0) is 9.53 Å². The monoisotopic (exact) mass is 330 g/mol. The first-order valence-corrected chi connectivity index (χ1v) is 8.60. The van der Waals surface area contributed by atoms with Crippen LogP contribution in [0, 0.1) is 5.92 Å². The van der Waals surface area contributed by atoms with Crippen LogP contribution < -0.4 is 5.32 Å². The van der Waals surface area contributed by atoms with E-state index in [0.717, 1.165) is 24.8 Å². The molecule has 3 heterocycles. The first-order chi connectivity index (χ1) is 11.6. The molecule has 0 spiro atoms. The van der Waals surface area contributed by atoms with Gasteiger partial charge in [-0.05, 0) is 24.8 Å². The first-order valence-electron chi connectivity index (χ1n) is 8.60. The molecule has 4 rings (SSSR count). The van der Waals surface area contributed by atoms with Crippen LogP contribution in [0.25, 0.3) is 0 Å². The van der Waals surface area contributed by atoms with Crippen molar-refractivity contribution in [1.82, 2.24) is 10.2 Å². The number of ether oxygens (including phenoxy) is 1. The minimum Gasteiger partial charge on any atom is -0.481 e. The smallest absolute Gasteiger partial charge is 0.317 e.